The Morgan fingerprint density at radius 1 is 1.33 bits per heavy atom. The normalized spacial score (nSPS) is 10.0. The van der Waals surface area contributed by atoms with Crippen molar-refractivity contribution in [2.24, 2.45) is 10.8 Å². The Labute approximate surface area is 126 Å². The van der Waals surface area contributed by atoms with E-state index in [0.29, 0.717) is 17.2 Å². The van der Waals surface area contributed by atoms with Crippen LogP contribution in [0.15, 0.2) is 47.7 Å². The molecule has 0 aliphatic carbocycles. The number of nitrogens with zero attached hydrogens (tertiary/aromatic N) is 3. The highest BCUT2D eigenvalue weighted by atomic mass is 32.1. The summed E-state index contributed by atoms with van der Waals surface area (Å²) in [5.74, 6) is 1.05. The van der Waals surface area contributed by atoms with Gasteiger partial charge in [0.05, 0.1) is 11.8 Å². The molecule has 0 saturated carbocycles. The largest absolute Gasteiger partial charge is 0.439 e. The molecule has 0 unspecified atom stereocenters. The van der Waals surface area contributed by atoms with Crippen LogP contribution < -0.4 is 15.9 Å². The van der Waals surface area contributed by atoms with Crippen LogP contribution in [0.4, 0.5) is 0 Å². The van der Waals surface area contributed by atoms with Crippen molar-refractivity contribution < 1.29 is 4.74 Å². The van der Waals surface area contributed by atoms with Crippen molar-refractivity contribution in [2.75, 3.05) is 0 Å². The molecule has 0 amide bonds. The number of thiocarbonyl (C=S) groups is 1. The van der Waals surface area contributed by atoms with E-state index in [1.807, 2.05) is 18.2 Å². The topological polar surface area (TPSA) is 96.3 Å². The minimum Gasteiger partial charge on any atom is -0.439 e. The molecule has 1 aromatic heterocycles. The van der Waals surface area contributed by atoms with E-state index in [1.165, 1.54) is 6.20 Å². The predicted molar refractivity (Wildman–Crippen MR) is 83.0 cm³/mol. The first-order chi connectivity index (χ1) is 10.2. The summed E-state index contributed by atoms with van der Waals surface area (Å²) >= 11 is 4.63. The summed E-state index contributed by atoms with van der Waals surface area (Å²) in [6, 6.07) is 12.5. The van der Waals surface area contributed by atoms with Crippen LogP contribution in [0, 0.1) is 11.3 Å². The average Bonchev–Trinajstić information content (AvgIpc) is 2.49. The molecule has 2 aromatic rings. The number of hydrogen-bond acceptors (Lipinski definition) is 5. The standard InChI is InChI=1S/C14H11N5OS/c15-7-11-3-6-13(17-8-11)20-12-4-1-10(2-5-12)9-18-19-14(16)21/h1-6,8-9H,(H3,16,19,21). The van der Waals surface area contributed by atoms with Crippen molar-refractivity contribution in [1.82, 2.24) is 10.4 Å². The quantitative estimate of drug-likeness (QED) is 0.508. The van der Waals surface area contributed by atoms with Gasteiger partial charge in [-0.2, -0.15) is 10.4 Å². The molecule has 7 heteroatoms. The van der Waals surface area contributed by atoms with Crippen LogP contribution >= 0.6 is 12.2 Å². The van der Waals surface area contributed by atoms with Gasteiger partial charge in [-0.25, -0.2) is 4.98 Å². The highest BCUT2D eigenvalue weighted by Gasteiger charge is 1.99. The maximum absolute atomic E-state index is 8.69. The number of nitriles is 1. The number of nitrogens with two attached hydrogens (primary N) is 1. The summed E-state index contributed by atoms with van der Waals surface area (Å²) in [6.07, 6.45) is 3.04. The molecule has 0 fully saturated rings. The molecule has 0 aliphatic rings. The van der Waals surface area contributed by atoms with Crippen molar-refractivity contribution in [3.63, 3.8) is 0 Å². The van der Waals surface area contributed by atoms with Gasteiger partial charge in [-0.1, -0.05) is 0 Å². The van der Waals surface area contributed by atoms with Crippen LogP contribution in [-0.2, 0) is 0 Å². The van der Waals surface area contributed by atoms with Gasteiger partial charge in [-0.3, -0.25) is 5.43 Å². The summed E-state index contributed by atoms with van der Waals surface area (Å²) in [4.78, 5) is 4.03. The zero-order valence-electron chi connectivity index (χ0n) is 10.9. The number of benzene rings is 1. The van der Waals surface area contributed by atoms with E-state index in [0.717, 1.165) is 5.56 Å². The van der Waals surface area contributed by atoms with Gasteiger partial charge in [-0.05, 0) is 48.1 Å². The first-order valence-corrected chi connectivity index (χ1v) is 6.31. The molecule has 0 radical (unpaired) electrons. The predicted octanol–water partition coefficient (Wildman–Crippen LogP) is 1.91. The van der Waals surface area contributed by atoms with Gasteiger partial charge in [0.15, 0.2) is 5.11 Å². The number of nitrogens with one attached hydrogen (secondary N) is 1. The molecule has 3 N–H and O–H groups in total. The Kier molecular flexibility index (Phi) is 4.79. The molecular formula is C14H11N5OS. The number of hydrazone groups is 1. The highest BCUT2D eigenvalue weighted by Crippen LogP contribution is 2.19. The van der Waals surface area contributed by atoms with Crippen molar-refractivity contribution in [3.8, 4) is 17.7 Å². The number of hydrogen-bond donors (Lipinski definition) is 2. The second-order valence-electron chi connectivity index (χ2n) is 3.90. The molecule has 104 valence electrons. The molecule has 0 aliphatic heterocycles. The van der Waals surface area contributed by atoms with Gasteiger partial charge in [0.1, 0.15) is 11.8 Å². The number of pyridine rings is 1. The van der Waals surface area contributed by atoms with E-state index in [1.54, 1.807) is 30.5 Å². The second-order valence-corrected chi connectivity index (χ2v) is 4.34. The maximum Gasteiger partial charge on any atom is 0.219 e. The first-order valence-electron chi connectivity index (χ1n) is 5.90. The van der Waals surface area contributed by atoms with Gasteiger partial charge in [0.25, 0.3) is 0 Å². The Morgan fingerprint density at radius 3 is 2.67 bits per heavy atom. The second kappa shape index (κ2) is 6.98. The summed E-state index contributed by atoms with van der Waals surface area (Å²) in [7, 11) is 0. The fraction of sp³-hybridized carbons (Fsp3) is 0. The summed E-state index contributed by atoms with van der Waals surface area (Å²) in [5.41, 5.74) is 9.06. The van der Waals surface area contributed by atoms with Gasteiger partial charge in [0, 0.05) is 12.3 Å². The third-order valence-electron chi connectivity index (χ3n) is 2.36. The third-order valence-corrected chi connectivity index (χ3v) is 2.45. The fourth-order valence-electron chi connectivity index (χ4n) is 1.42. The van der Waals surface area contributed by atoms with Crippen LogP contribution in [0.25, 0.3) is 0 Å². The minimum absolute atomic E-state index is 0.109. The Hall–Kier alpha value is -2.98. The van der Waals surface area contributed by atoms with E-state index in [4.69, 9.17) is 15.7 Å². The molecule has 1 heterocycles. The number of ether oxygens (including phenoxy) is 1. The lowest BCUT2D eigenvalue weighted by molar-refractivity contribution is 0.463. The summed E-state index contributed by atoms with van der Waals surface area (Å²) in [6.45, 7) is 0. The zero-order valence-corrected chi connectivity index (χ0v) is 11.7. The average molecular weight is 297 g/mol. The molecular weight excluding hydrogens is 286 g/mol. The Balaban J connectivity index is 2.00. The van der Waals surface area contributed by atoms with E-state index in [-0.39, 0.29) is 5.11 Å². The van der Waals surface area contributed by atoms with Gasteiger partial charge in [-0.15, -0.1) is 0 Å². The Bertz CT molecular complexity index is 689. The Morgan fingerprint density at radius 2 is 2.10 bits per heavy atom. The molecule has 6 nitrogen and oxygen atoms in total. The van der Waals surface area contributed by atoms with Gasteiger partial charge in [0.2, 0.25) is 5.88 Å². The third kappa shape index (κ3) is 4.56. The SMILES string of the molecule is N#Cc1ccc(Oc2ccc(C=NNC(N)=S)cc2)nc1. The molecule has 21 heavy (non-hydrogen) atoms. The number of rotatable bonds is 4. The smallest absolute Gasteiger partial charge is 0.219 e. The van der Waals surface area contributed by atoms with Crippen LogP contribution in [0.1, 0.15) is 11.1 Å². The summed E-state index contributed by atoms with van der Waals surface area (Å²) in [5, 5.41) is 12.6. The fourth-order valence-corrected chi connectivity index (χ4v) is 1.47. The van der Waals surface area contributed by atoms with E-state index >= 15 is 0 Å². The van der Waals surface area contributed by atoms with Crippen LogP contribution in [0.5, 0.6) is 11.6 Å². The molecule has 0 spiro atoms. The van der Waals surface area contributed by atoms with Crippen molar-refractivity contribution in [1.29, 1.82) is 5.26 Å². The van der Waals surface area contributed by atoms with Crippen molar-refractivity contribution >= 4 is 23.5 Å². The van der Waals surface area contributed by atoms with Crippen molar-refractivity contribution in [3.05, 3.63) is 53.7 Å². The van der Waals surface area contributed by atoms with Gasteiger partial charge < -0.3 is 10.5 Å². The minimum atomic E-state index is 0.109. The maximum atomic E-state index is 8.69. The molecule has 1 aromatic carbocycles. The van der Waals surface area contributed by atoms with E-state index < -0.39 is 0 Å². The molecule has 0 saturated heterocycles. The van der Waals surface area contributed by atoms with Crippen LogP contribution in [0.2, 0.25) is 0 Å². The lowest BCUT2D eigenvalue weighted by atomic mass is 10.2. The van der Waals surface area contributed by atoms with E-state index in [2.05, 4.69) is 27.7 Å². The zero-order chi connectivity index (χ0) is 15.1. The van der Waals surface area contributed by atoms with E-state index in [9.17, 15) is 0 Å². The van der Waals surface area contributed by atoms with Crippen molar-refractivity contribution in [2.45, 2.75) is 0 Å². The first kappa shape index (κ1) is 14.4. The van der Waals surface area contributed by atoms with Crippen LogP contribution in [-0.4, -0.2) is 16.3 Å². The lowest BCUT2D eigenvalue weighted by Gasteiger charge is -2.04. The summed E-state index contributed by atoms with van der Waals surface area (Å²) < 4.78 is 5.55. The molecule has 0 atom stereocenters. The monoisotopic (exact) mass is 297 g/mol. The highest BCUT2D eigenvalue weighted by molar-refractivity contribution is 7.80. The molecule has 0 bridgehead atoms. The van der Waals surface area contributed by atoms with Gasteiger partial charge >= 0.3 is 0 Å². The lowest BCUT2D eigenvalue weighted by Crippen LogP contribution is -2.23. The number of aromatic nitrogens is 1. The van der Waals surface area contributed by atoms with Crippen LogP contribution in [0.3, 0.4) is 0 Å². The molecule has 2 rings (SSSR count).